The highest BCUT2D eigenvalue weighted by molar-refractivity contribution is 7.52. The predicted octanol–water partition coefficient (Wildman–Crippen LogP) is 0.679. The molecule has 14 heteroatoms. The number of carbonyl (C=O) groups excluding carboxylic acids is 1. The Morgan fingerprint density at radius 2 is 2.03 bits per heavy atom. The highest BCUT2D eigenvalue weighted by Crippen LogP contribution is 2.46. The lowest BCUT2D eigenvalue weighted by Crippen LogP contribution is -2.47. The second-order valence-electron chi connectivity index (χ2n) is 8.47. The summed E-state index contributed by atoms with van der Waals surface area (Å²) in [6, 6.07) is 5.54. The zero-order chi connectivity index (χ0) is 29.3. The summed E-state index contributed by atoms with van der Waals surface area (Å²) in [4.78, 5) is 38.1. The molecule has 1 aromatic heterocycles. The van der Waals surface area contributed by atoms with Gasteiger partial charge < -0.3 is 24.2 Å². The van der Waals surface area contributed by atoms with Crippen LogP contribution in [-0.4, -0.2) is 62.2 Å². The van der Waals surface area contributed by atoms with Gasteiger partial charge in [-0.3, -0.25) is 23.7 Å². The molecule has 13 nitrogen and oxygen atoms in total. The van der Waals surface area contributed by atoms with Gasteiger partial charge in [0.1, 0.15) is 29.6 Å². The van der Waals surface area contributed by atoms with E-state index >= 15 is 0 Å². The lowest BCUT2D eigenvalue weighted by atomic mass is 9.96. The number of rotatable bonds is 10. The van der Waals surface area contributed by atoms with Crippen molar-refractivity contribution in [1.82, 2.24) is 14.6 Å². The number of para-hydroxylation sites is 1. The molecule has 4 N–H and O–H groups in total. The molecule has 0 aliphatic carbocycles. The molecule has 36 heavy (non-hydrogen) atoms. The number of esters is 1. The van der Waals surface area contributed by atoms with Crippen LogP contribution in [0.4, 0.5) is 0 Å². The van der Waals surface area contributed by atoms with Gasteiger partial charge in [0.15, 0.2) is 6.23 Å². The summed E-state index contributed by atoms with van der Waals surface area (Å²) >= 11 is 0. The largest absolute Gasteiger partial charge is 0.462 e. The maximum Gasteiger partial charge on any atom is 0.459 e. The summed E-state index contributed by atoms with van der Waals surface area (Å²) in [7, 11) is -4.80. The van der Waals surface area contributed by atoms with Gasteiger partial charge in [-0.2, -0.15) is 5.09 Å². The zero-order valence-electron chi connectivity index (χ0n) is 22.9. The molecule has 1 aliphatic heterocycles. The van der Waals surface area contributed by atoms with Crippen LogP contribution in [0.25, 0.3) is 0 Å². The number of nitrogens with zero attached hydrogens (tertiary/aromatic N) is 1. The Morgan fingerprint density at radius 3 is 2.67 bits per heavy atom. The molecule has 0 spiro atoms. The minimum Gasteiger partial charge on any atom is -0.462 e. The fourth-order valence-corrected chi connectivity index (χ4v) is 4.60. The normalized spacial score (nSPS) is 28.0. The fourth-order valence-electron chi connectivity index (χ4n) is 3.24. The van der Waals surface area contributed by atoms with Crippen molar-refractivity contribution in [1.29, 1.82) is 0 Å². The average Bonchev–Trinajstić information content (AvgIpc) is 3.05. The average molecular weight is 530 g/mol. The Balaban J connectivity index is 1.94. The SMILES string of the molecule is [2H]c1cn([C@@H]2O[C@H](C([2H])([2H])O[P@](=O)(N[C@@H](C)C(=O)OC(C)C)Oc3ccccc3)[C@@H](O)[C@@]2(C)O)c(=O)[nH]c1=O. The van der Waals surface area contributed by atoms with Crippen LogP contribution >= 0.6 is 7.75 Å². The van der Waals surface area contributed by atoms with E-state index < -0.39 is 73.7 Å². The van der Waals surface area contributed by atoms with Crippen molar-refractivity contribution in [2.75, 3.05) is 6.56 Å². The van der Waals surface area contributed by atoms with Gasteiger partial charge in [0, 0.05) is 12.2 Å². The Kier molecular flexibility index (Phi) is 7.26. The molecule has 1 saturated heterocycles. The number of ether oxygens (including phenoxy) is 2. The molecule has 0 saturated carbocycles. The van der Waals surface area contributed by atoms with Crippen molar-refractivity contribution in [3.63, 3.8) is 0 Å². The smallest absolute Gasteiger partial charge is 0.459 e. The highest BCUT2D eigenvalue weighted by atomic mass is 31.2. The Labute approximate surface area is 210 Å². The van der Waals surface area contributed by atoms with Crippen LogP contribution in [-0.2, 0) is 23.4 Å². The van der Waals surface area contributed by atoms with E-state index in [0.717, 1.165) is 13.1 Å². The fraction of sp³-hybridized carbons (Fsp3) is 0.500. The number of carbonyl (C=O) groups is 1. The predicted molar refractivity (Wildman–Crippen MR) is 126 cm³/mol. The molecule has 2 aromatic rings. The van der Waals surface area contributed by atoms with Gasteiger partial charge in [-0.25, -0.2) is 9.36 Å². The van der Waals surface area contributed by atoms with Gasteiger partial charge in [0.2, 0.25) is 0 Å². The third-order valence-electron chi connectivity index (χ3n) is 5.02. The first-order valence-corrected chi connectivity index (χ1v) is 12.4. The van der Waals surface area contributed by atoms with Gasteiger partial charge in [-0.15, -0.1) is 0 Å². The standard InChI is InChI=1S/C22H30N3O10P/c1-13(2)33-19(28)14(3)24-36(31,35-15-8-6-5-7-9-15)32-12-16-18(27)22(4,30)20(34-16)25-11-10-17(26)23-21(25)29/h5-11,13-14,16,18,20,27,30H,12H2,1-4H3,(H,24,31)(H,23,26,29)/t14-,16+,18+,20+,22+,36+/m0/s1/i10D,12D2. The molecule has 3 rings (SSSR count). The molecular formula is C22H30N3O10P. The van der Waals surface area contributed by atoms with E-state index in [1.54, 1.807) is 32.0 Å². The van der Waals surface area contributed by atoms with Crippen LogP contribution in [0.2, 0.25) is 0 Å². The molecule has 6 atom stereocenters. The summed E-state index contributed by atoms with van der Waals surface area (Å²) in [6.07, 6.45) is -5.73. The highest BCUT2D eigenvalue weighted by Gasteiger charge is 2.54. The zero-order valence-corrected chi connectivity index (χ0v) is 20.8. The number of benzene rings is 1. The molecule has 1 aromatic carbocycles. The number of hydrogen-bond donors (Lipinski definition) is 4. The first kappa shape index (κ1) is 23.6. The second-order valence-corrected chi connectivity index (χ2v) is 10.1. The molecule has 0 radical (unpaired) electrons. The maximum absolute atomic E-state index is 13.8. The van der Waals surface area contributed by atoms with Gasteiger partial charge >= 0.3 is 19.4 Å². The number of hydrogen-bond acceptors (Lipinski definition) is 10. The summed E-state index contributed by atoms with van der Waals surface area (Å²) in [5.74, 6) is -0.857. The van der Waals surface area contributed by atoms with Crippen molar-refractivity contribution in [2.45, 2.75) is 63.9 Å². The first-order chi connectivity index (χ1) is 18.0. The lowest BCUT2D eigenvalue weighted by molar-refractivity contribution is -0.149. The minimum absolute atomic E-state index is 0.0194. The van der Waals surface area contributed by atoms with Gasteiger partial charge in [-0.05, 0) is 39.8 Å². The maximum atomic E-state index is 13.8. The number of aromatic nitrogens is 2. The minimum atomic E-state index is -4.80. The van der Waals surface area contributed by atoms with Crippen molar-refractivity contribution in [2.24, 2.45) is 0 Å². The van der Waals surface area contributed by atoms with Gasteiger partial charge in [-0.1, -0.05) is 18.2 Å². The topological polar surface area (TPSA) is 178 Å². The molecule has 1 fully saturated rings. The van der Waals surface area contributed by atoms with E-state index in [-0.39, 0.29) is 5.75 Å². The number of aliphatic hydroxyl groups is 2. The Bertz CT molecular complexity index is 1350. The molecular weight excluding hydrogens is 497 g/mol. The van der Waals surface area contributed by atoms with E-state index in [4.69, 9.17) is 22.6 Å². The summed E-state index contributed by atoms with van der Waals surface area (Å²) in [6.45, 7) is 2.32. The van der Waals surface area contributed by atoms with E-state index in [1.165, 1.54) is 19.1 Å². The monoisotopic (exact) mass is 530 g/mol. The molecule has 0 amide bonds. The van der Waals surface area contributed by atoms with Crippen molar-refractivity contribution < 1.29 is 42.2 Å². The van der Waals surface area contributed by atoms with E-state index in [1.807, 2.05) is 4.98 Å². The molecule has 198 valence electrons. The van der Waals surface area contributed by atoms with E-state index in [9.17, 15) is 29.2 Å². The summed E-state index contributed by atoms with van der Waals surface area (Å²) in [5, 5.41) is 24.0. The van der Waals surface area contributed by atoms with Gasteiger partial charge in [0.25, 0.3) is 5.56 Å². The van der Waals surface area contributed by atoms with Crippen LogP contribution in [0, 0.1) is 0 Å². The third-order valence-corrected chi connectivity index (χ3v) is 6.52. The molecule has 0 unspecified atom stereocenters. The summed E-state index contributed by atoms with van der Waals surface area (Å²) in [5.41, 5.74) is -4.48. The first-order valence-electron chi connectivity index (χ1n) is 12.4. The van der Waals surface area contributed by atoms with Crippen molar-refractivity contribution in [3.8, 4) is 5.75 Å². The van der Waals surface area contributed by atoms with Crippen LogP contribution < -0.4 is 20.9 Å². The number of nitrogens with one attached hydrogen (secondary N) is 2. The van der Waals surface area contributed by atoms with Crippen LogP contribution in [0.3, 0.4) is 0 Å². The summed E-state index contributed by atoms with van der Waals surface area (Å²) < 4.78 is 60.2. The quantitative estimate of drug-likeness (QED) is 0.251. The van der Waals surface area contributed by atoms with Crippen LogP contribution in [0.15, 0.2) is 52.2 Å². The number of aromatic amines is 1. The lowest BCUT2D eigenvalue weighted by Gasteiger charge is -2.27. The van der Waals surface area contributed by atoms with Crippen LogP contribution in [0.1, 0.15) is 38.0 Å². The van der Waals surface area contributed by atoms with Crippen molar-refractivity contribution in [3.05, 3.63) is 63.4 Å². The van der Waals surface area contributed by atoms with Gasteiger partial charge in [0.05, 0.1) is 16.8 Å². The van der Waals surface area contributed by atoms with Crippen LogP contribution in [0.5, 0.6) is 5.75 Å². The van der Waals surface area contributed by atoms with E-state index in [2.05, 4.69) is 5.09 Å². The van der Waals surface area contributed by atoms with Crippen molar-refractivity contribution >= 4 is 13.7 Å². The molecule has 0 bridgehead atoms. The Morgan fingerprint density at radius 1 is 1.36 bits per heavy atom. The molecule has 2 heterocycles. The Hall–Kier alpha value is -2.80. The molecule has 1 aliphatic rings. The number of aliphatic hydroxyl groups excluding tert-OH is 1. The second kappa shape index (κ2) is 11.1. The van der Waals surface area contributed by atoms with E-state index in [0.29, 0.717) is 4.57 Å². The third kappa shape index (κ3) is 6.49. The number of H-pyrrole nitrogens is 1.